The highest BCUT2D eigenvalue weighted by atomic mass is 32.2. The summed E-state index contributed by atoms with van der Waals surface area (Å²) in [4.78, 5) is 21.2. The van der Waals surface area contributed by atoms with Crippen LogP contribution in [0.3, 0.4) is 0 Å². The standard InChI is InChI=1S/C7H13NO5S/c1-5(9)8-6(7(10)11)3-14(12)4-13-2/h6H,3-4H2,1-2H3,(H,8,9)(H,10,11). The van der Waals surface area contributed by atoms with E-state index in [1.165, 1.54) is 14.0 Å². The Bertz CT molecular complexity index is 242. The number of hydrogen-bond donors (Lipinski definition) is 2. The van der Waals surface area contributed by atoms with E-state index >= 15 is 0 Å². The highest BCUT2D eigenvalue weighted by Gasteiger charge is 2.20. The Hall–Kier alpha value is -0.950. The number of hydrogen-bond acceptors (Lipinski definition) is 4. The molecule has 0 saturated carbocycles. The van der Waals surface area contributed by atoms with Crippen LogP contribution in [-0.2, 0) is 25.1 Å². The van der Waals surface area contributed by atoms with Crippen LogP contribution >= 0.6 is 0 Å². The fraction of sp³-hybridized carbons (Fsp3) is 0.714. The molecule has 1 amide bonds. The van der Waals surface area contributed by atoms with Gasteiger partial charge in [0.15, 0.2) is 0 Å². The number of amides is 1. The van der Waals surface area contributed by atoms with Gasteiger partial charge in [0.05, 0.1) is 5.75 Å². The van der Waals surface area contributed by atoms with Crippen molar-refractivity contribution in [2.45, 2.75) is 13.0 Å². The number of aliphatic carboxylic acids is 1. The van der Waals surface area contributed by atoms with Crippen LogP contribution in [0, 0.1) is 0 Å². The predicted molar refractivity (Wildman–Crippen MR) is 50.1 cm³/mol. The molecule has 2 N–H and O–H groups in total. The summed E-state index contributed by atoms with van der Waals surface area (Å²) in [6, 6.07) is -1.12. The smallest absolute Gasteiger partial charge is 0.327 e. The number of carbonyl (C=O) groups is 2. The fourth-order valence-electron chi connectivity index (χ4n) is 0.786. The van der Waals surface area contributed by atoms with Gasteiger partial charge in [-0.3, -0.25) is 9.00 Å². The number of ether oxygens (including phenoxy) is 1. The first-order valence-corrected chi connectivity index (χ1v) is 5.30. The third kappa shape index (κ3) is 5.65. The predicted octanol–water partition coefficient (Wildman–Crippen LogP) is -1.07. The number of carboxylic acid groups (broad SMARTS) is 1. The summed E-state index contributed by atoms with van der Waals surface area (Å²) in [5.74, 6) is -1.86. The zero-order valence-corrected chi connectivity index (χ0v) is 8.80. The molecule has 82 valence electrons. The van der Waals surface area contributed by atoms with Gasteiger partial charge in [0, 0.05) is 24.8 Å². The highest BCUT2D eigenvalue weighted by molar-refractivity contribution is 7.84. The molecule has 14 heavy (non-hydrogen) atoms. The van der Waals surface area contributed by atoms with Gasteiger partial charge >= 0.3 is 5.97 Å². The lowest BCUT2D eigenvalue weighted by atomic mass is 10.3. The summed E-state index contributed by atoms with van der Waals surface area (Å²) in [6.45, 7) is 1.20. The minimum atomic E-state index is -1.40. The number of methoxy groups -OCH3 is 1. The first-order valence-electron chi connectivity index (χ1n) is 3.81. The molecule has 0 spiro atoms. The zero-order valence-electron chi connectivity index (χ0n) is 7.98. The van der Waals surface area contributed by atoms with Crippen LogP contribution in [0.15, 0.2) is 0 Å². The largest absolute Gasteiger partial charge is 0.480 e. The summed E-state index contributed by atoms with van der Waals surface area (Å²) in [5, 5.41) is 10.8. The van der Waals surface area contributed by atoms with Crippen molar-refractivity contribution in [3.63, 3.8) is 0 Å². The molecule has 0 aromatic rings. The molecule has 0 aliphatic heterocycles. The van der Waals surface area contributed by atoms with Gasteiger partial charge in [-0.25, -0.2) is 4.79 Å². The lowest BCUT2D eigenvalue weighted by Gasteiger charge is -2.11. The maximum atomic E-state index is 11.1. The van der Waals surface area contributed by atoms with E-state index in [1.807, 2.05) is 0 Å². The van der Waals surface area contributed by atoms with Gasteiger partial charge in [0.1, 0.15) is 12.0 Å². The highest BCUT2D eigenvalue weighted by Crippen LogP contribution is 1.91. The molecule has 2 unspecified atom stereocenters. The molecular formula is C7H13NO5S. The van der Waals surface area contributed by atoms with Gasteiger partial charge in [-0.2, -0.15) is 0 Å². The van der Waals surface area contributed by atoms with Crippen molar-refractivity contribution in [1.29, 1.82) is 0 Å². The van der Waals surface area contributed by atoms with Gasteiger partial charge in [0.2, 0.25) is 5.91 Å². The molecule has 0 fully saturated rings. The Balaban J connectivity index is 4.16. The van der Waals surface area contributed by atoms with Crippen LogP contribution in [-0.4, -0.2) is 46.0 Å². The van der Waals surface area contributed by atoms with Crippen molar-refractivity contribution in [3.05, 3.63) is 0 Å². The number of rotatable bonds is 6. The molecule has 0 aromatic heterocycles. The fourth-order valence-corrected chi connectivity index (χ4v) is 1.74. The average Bonchev–Trinajstić information content (AvgIpc) is 2.02. The summed E-state index contributed by atoms with van der Waals surface area (Å²) < 4.78 is 15.7. The Morgan fingerprint density at radius 1 is 1.57 bits per heavy atom. The van der Waals surface area contributed by atoms with E-state index < -0.39 is 28.7 Å². The Kier molecular flexibility index (Phi) is 6.06. The zero-order chi connectivity index (χ0) is 11.1. The van der Waals surface area contributed by atoms with E-state index in [0.29, 0.717) is 0 Å². The molecular weight excluding hydrogens is 210 g/mol. The van der Waals surface area contributed by atoms with Crippen LogP contribution in [0.5, 0.6) is 0 Å². The summed E-state index contributed by atoms with van der Waals surface area (Å²) >= 11 is 0. The van der Waals surface area contributed by atoms with Crippen molar-refractivity contribution in [2.75, 3.05) is 18.8 Å². The molecule has 0 bridgehead atoms. The maximum absolute atomic E-state index is 11.1. The first kappa shape index (κ1) is 13.1. The lowest BCUT2D eigenvalue weighted by molar-refractivity contribution is -0.140. The van der Waals surface area contributed by atoms with Crippen molar-refractivity contribution in [2.24, 2.45) is 0 Å². The minimum Gasteiger partial charge on any atom is -0.480 e. The molecule has 0 saturated heterocycles. The van der Waals surface area contributed by atoms with Crippen LogP contribution in [0.2, 0.25) is 0 Å². The molecule has 0 aliphatic carbocycles. The summed E-state index contributed by atoms with van der Waals surface area (Å²) in [6.07, 6.45) is 0. The molecule has 0 aromatic carbocycles. The average molecular weight is 223 g/mol. The maximum Gasteiger partial charge on any atom is 0.327 e. The van der Waals surface area contributed by atoms with Crippen molar-refractivity contribution >= 4 is 22.7 Å². The molecule has 0 aliphatic rings. The van der Waals surface area contributed by atoms with Gasteiger partial charge < -0.3 is 15.2 Å². The van der Waals surface area contributed by atoms with E-state index in [1.54, 1.807) is 0 Å². The lowest BCUT2D eigenvalue weighted by Crippen LogP contribution is -2.43. The van der Waals surface area contributed by atoms with Gasteiger partial charge in [-0.15, -0.1) is 0 Å². The van der Waals surface area contributed by atoms with E-state index in [-0.39, 0.29) is 11.7 Å². The van der Waals surface area contributed by atoms with Crippen LogP contribution in [0.25, 0.3) is 0 Å². The second kappa shape index (κ2) is 6.50. The Morgan fingerprint density at radius 2 is 2.14 bits per heavy atom. The van der Waals surface area contributed by atoms with Crippen molar-refractivity contribution < 1.29 is 23.6 Å². The normalized spacial score (nSPS) is 14.4. The third-order valence-electron chi connectivity index (χ3n) is 1.28. The van der Waals surface area contributed by atoms with E-state index in [4.69, 9.17) is 5.11 Å². The summed E-state index contributed by atoms with van der Waals surface area (Å²) in [7, 11) is -0.0378. The SMILES string of the molecule is COCS(=O)CC(NC(C)=O)C(=O)O. The third-order valence-corrected chi connectivity index (χ3v) is 2.48. The van der Waals surface area contributed by atoms with Crippen LogP contribution < -0.4 is 5.32 Å². The molecule has 6 nitrogen and oxygen atoms in total. The quantitative estimate of drug-likeness (QED) is 0.598. The number of carbonyl (C=O) groups excluding carboxylic acids is 1. The topological polar surface area (TPSA) is 92.7 Å². The van der Waals surface area contributed by atoms with Crippen molar-refractivity contribution in [1.82, 2.24) is 5.32 Å². The molecule has 2 atom stereocenters. The Morgan fingerprint density at radius 3 is 2.50 bits per heavy atom. The molecule has 7 heteroatoms. The van der Waals surface area contributed by atoms with E-state index in [0.717, 1.165) is 0 Å². The van der Waals surface area contributed by atoms with E-state index in [9.17, 15) is 13.8 Å². The van der Waals surface area contributed by atoms with E-state index in [2.05, 4.69) is 10.1 Å². The molecule has 0 heterocycles. The first-order chi connectivity index (χ1) is 6.47. The second-order valence-electron chi connectivity index (χ2n) is 2.60. The minimum absolute atomic E-state index is 0.0383. The van der Waals surface area contributed by atoms with Crippen LogP contribution in [0.4, 0.5) is 0 Å². The van der Waals surface area contributed by atoms with Gasteiger partial charge in [-0.05, 0) is 0 Å². The molecule has 0 radical (unpaired) electrons. The van der Waals surface area contributed by atoms with Gasteiger partial charge in [0.25, 0.3) is 0 Å². The number of carboxylic acids is 1. The summed E-state index contributed by atoms with van der Waals surface area (Å²) in [5.41, 5.74) is 0. The number of nitrogens with one attached hydrogen (secondary N) is 1. The van der Waals surface area contributed by atoms with Crippen LogP contribution in [0.1, 0.15) is 6.92 Å². The molecule has 0 rings (SSSR count). The Labute approximate surface area is 84.1 Å². The second-order valence-corrected chi connectivity index (χ2v) is 4.05. The monoisotopic (exact) mass is 223 g/mol. The van der Waals surface area contributed by atoms with Crippen molar-refractivity contribution in [3.8, 4) is 0 Å². The van der Waals surface area contributed by atoms with Gasteiger partial charge in [-0.1, -0.05) is 0 Å².